The van der Waals surface area contributed by atoms with Crippen molar-refractivity contribution in [1.29, 1.82) is 0 Å². The lowest BCUT2D eigenvalue weighted by Gasteiger charge is -2.29. The topological polar surface area (TPSA) is 20.2 Å². The van der Waals surface area contributed by atoms with Gasteiger partial charge >= 0.3 is 0 Å². The van der Waals surface area contributed by atoms with E-state index in [4.69, 9.17) is 0 Å². The molecule has 1 aromatic carbocycles. The molecule has 0 spiro atoms. The van der Waals surface area contributed by atoms with Crippen LogP contribution >= 0.6 is 0 Å². The lowest BCUT2D eigenvalue weighted by Crippen LogP contribution is -2.14. The number of aliphatic hydroxyl groups excluding tert-OH is 1. The van der Waals surface area contributed by atoms with Gasteiger partial charge in [-0.05, 0) is 47.6 Å². The van der Waals surface area contributed by atoms with Gasteiger partial charge in [-0.2, -0.15) is 0 Å². The van der Waals surface area contributed by atoms with Crippen molar-refractivity contribution in [2.45, 2.75) is 51.6 Å². The Balaban J connectivity index is 1.86. The summed E-state index contributed by atoms with van der Waals surface area (Å²) in [7, 11) is 0. The summed E-state index contributed by atoms with van der Waals surface area (Å²) >= 11 is 0. The summed E-state index contributed by atoms with van der Waals surface area (Å²) in [4.78, 5) is 0. The molecule has 0 heterocycles. The summed E-state index contributed by atoms with van der Waals surface area (Å²) in [5, 5.41) is 10.5. The fourth-order valence-corrected chi connectivity index (χ4v) is 3.13. The zero-order valence-corrected chi connectivity index (χ0v) is 10.8. The summed E-state index contributed by atoms with van der Waals surface area (Å²) in [6, 6.07) is 8.53. The average Bonchev–Trinajstić information content (AvgIpc) is 2.85. The molecule has 2 atom stereocenters. The first-order valence-electron chi connectivity index (χ1n) is 6.86. The third-order valence-corrected chi connectivity index (χ3v) is 4.83. The van der Waals surface area contributed by atoms with Crippen LogP contribution in [-0.4, -0.2) is 5.11 Å². The van der Waals surface area contributed by atoms with E-state index in [-0.39, 0.29) is 6.10 Å². The van der Waals surface area contributed by atoms with Crippen LogP contribution in [-0.2, 0) is 0 Å². The highest BCUT2D eigenvalue weighted by Gasteiger charge is 2.50. The molecule has 92 valence electrons. The maximum absolute atomic E-state index is 10.5. The van der Waals surface area contributed by atoms with E-state index in [9.17, 15) is 5.11 Å². The van der Waals surface area contributed by atoms with Gasteiger partial charge in [0.05, 0.1) is 6.10 Å². The van der Waals surface area contributed by atoms with E-state index >= 15 is 0 Å². The molecule has 2 saturated carbocycles. The van der Waals surface area contributed by atoms with Crippen molar-refractivity contribution in [3.63, 3.8) is 0 Å². The van der Waals surface area contributed by atoms with Gasteiger partial charge in [-0.15, -0.1) is 0 Å². The van der Waals surface area contributed by atoms with Crippen LogP contribution in [0.4, 0.5) is 0 Å². The van der Waals surface area contributed by atoms with Crippen LogP contribution in [0, 0.1) is 11.3 Å². The molecule has 2 unspecified atom stereocenters. The van der Waals surface area contributed by atoms with E-state index in [2.05, 4.69) is 38.1 Å². The van der Waals surface area contributed by atoms with Crippen LogP contribution < -0.4 is 0 Å². The Bertz CT molecular complexity index is 417. The second kappa shape index (κ2) is 3.84. The number of hydrogen-bond donors (Lipinski definition) is 1. The van der Waals surface area contributed by atoms with Crippen LogP contribution in [0.3, 0.4) is 0 Å². The Labute approximate surface area is 104 Å². The van der Waals surface area contributed by atoms with Crippen molar-refractivity contribution >= 4 is 0 Å². The van der Waals surface area contributed by atoms with E-state index in [1.54, 1.807) is 0 Å². The summed E-state index contributed by atoms with van der Waals surface area (Å²) in [6.07, 6.45) is 4.87. The second-order valence-electron chi connectivity index (χ2n) is 6.50. The molecule has 0 aromatic heterocycles. The van der Waals surface area contributed by atoms with E-state index in [0.717, 1.165) is 6.42 Å². The summed E-state index contributed by atoms with van der Waals surface area (Å²) in [5.74, 6) is 1.17. The monoisotopic (exact) mass is 230 g/mol. The molecule has 17 heavy (non-hydrogen) atoms. The third-order valence-electron chi connectivity index (χ3n) is 4.83. The third kappa shape index (κ3) is 1.91. The van der Waals surface area contributed by atoms with Gasteiger partial charge in [-0.3, -0.25) is 0 Å². The van der Waals surface area contributed by atoms with E-state index in [0.29, 0.717) is 17.3 Å². The van der Waals surface area contributed by atoms with Crippen LogP contribution in [0.25, 0.3) is 0 Å². The van der Waals surface area contributed by atoms with Crippen molar-refractivity contribution in [1.82, 2.24) is 0 Å². The highest BCUT2D eigenvalue weighted by Crippen LogP contribution is 2.58. The van der Waals surface area contributed by atoms with Crippen molar-refractivity contribution < 1.29 is 5.11 Å². The maximum Gasteiger partial charge on any atom is 0.0826 e. The minimum Gasteiger partial charge on any atom is -0.388 e. The molecule has 0 amide bonds. The lowest BCUT2D eigenvalue weighted by atomic mass is 9.77. The van der Waals surface area contributed by atoms with Crippen LogP contribution in [0.15, 0.2) is 24.3 Å². The van der Waals surface area contributed by atoms with Crippen molar-refractivity contribution in [2.75, 3.05) is 0 Å². The number of hydrogen-bond acceptors (Lipinski definition) is 1. The smallest absolute Gasteiger partial charge is 0.0826 e. The number of aliphatic hydroxyl groups is 1. The van der Waals surface area contributed by atoms with Gasteiger partial charge in [0.2, 0.25) is 0 Å². The summed E-state index contributed by atoms with van der Waals surface area (Å²) < 4.78 is 0. The highest BCUT2D eigenvalue weighted by molar-refractivity contribution is 5.34. The SMILES string of the molecule is CC1(C)CC1C(O)c1ccccc1C1CCC1. The van der Waals surface area contributed by atoms with Crippen LogP contribution in [0.2, 0.25) is 0 Å². The van der Waals surface area contributed by atoms with E-state index in [1.807, 2.05) is 0 Å². The maximum atomic E-state index is 10.5. The Kier molecular flexibility index (Phi) is 2.55. The van der Waals surface area contributed by atoms with Gasteiger partial charge < -0.3 is 5.11 Å². The van der Waals surface area contributed by atoms with Gasteiger partial charge in [0.25, 0.3) is 0 Å². The molecule has 3 rings (SSSR count). The molecule has 2 aliphatic rings. The molecular weight excluding hydrogens is 208 g/mol. The fourth-order valence-electron chi connectivity index (χ4n) is 3.13. The zero-order chi connectivity index (χ0) is 12.0. The van der Waals surface area contributed by atoms with E-state index < -0.39 is 0 Å². The minimum atomic E-state index is -0.248. The lowest BCUT2D eigenvalue weighted by molar-refractivity contribution is 0.136. The quantitative estimate of drug-likeness (QED) is 0.831. The molecule has 1 nitrogen and oxygen atoms in total. The van der Waals surface area contributed by atoms with Crippen LogP contribution in [0.5, 0.6) is 0 Å². The highest BCUT2D eigenvalue weighted by atomic mass is 16.3. The second-order valence-corrected chi connectivity index (χ2v) is 6.50. The first-order valence-corrected chi connectivity index (χ1v) is 6.86. The Hall–Kier alpha value is -0.820. The molecule has 1 aromatic rings. The molecule has 2 fully saturated rings. The van der Waals surface area contributed by atoms with E-state index in [1.165, 1.54) is 30.4 Å². The molecule has 1 heteroatoms. The predicted octanol–water partition coefficient (Wildman–Crippen LogP) is 4.03. The molecular formula is C16H22O. The standard InChI is InChI=1S/C16H22O/c1-16(2)10-14(16)15(17)13-9-4-3-8-12(13)11-6-5-7-11/h3-4,8-9,11,14-15,17H,5-7,10H2,1-2H3. The van der Waals surface area contributed by atoms with Gasteiger partial charge in [-0.1, -0.05) is 44.5 Å². The largest absolute Gasteiger partial charge is 0.388 e. The summed E-state index contributed by atoms with van der Waals surface area (Å²) in [5.41, 5.74) is 2.95. The van der Waals surface area contributed by atoms with Crippen molar-refractivity contribution in [3.8, 4) is 0 Å². The molecule has 0 saturated heterocycles. The summed E-state index contributed by atoms with van der Waals surface area (Å²) in [6.45, 7) is 4.51. The minimum absolute atomic E-state index is 0.248. The fraction of sp³-hybridized carbons (Fsp3) is 0.625. The Morgan fingerprint density at radius 2 is 1.88 bits per heavy atom. The van der Waals surface area contributed by atoms with Crippen LogP contribution in [0.1, 0.15) is 62.7 Å². The number of benzene rings is 1. The Morgan fingerprint density at radius 3 is 2.41 bits per heavy atom. The average molecular weight is 230 g/mol. The van der Waals surface area contributed by atoms with Gasteiger partial charge in [0.15, 0.2) is 0 Å². The molecule has 1 N–H and O–H groups in total. The van der Waals surface area contributed by atoms with Gasteiger partial charge in [0, 0.05) is 0 Å². The molecule has 2 aliphatic carbocycles. The van der Waals surface area contributed by atoms with Crippen molar-refractivity contribution in [2.24, 2.45) is 11.3 Å². The Morgan fingerprint density at radius 1 is 1.24 bits per heavy atom. The molecule has 0 radical (unpaired) electrons. The van der Waals surface area contributed by atoms with Crippen molar-refractivity contribution in [3.05, 3.63) is 35.4 Å². The van der Waals surface area contributed by atoms with Gasteiger partial charge in [0.1, 0.15) is 0 Å². The molecule has 0 aliphatic heterocycles. The van der Waals surface area contributed by atoms with Gasteiger partial charge in [-0.25, -0.2) is 0 Å². The zero-order valence-electron chi connectivity index (χ0n) is 10.8. The number of rotatable bonds is 3. The first-order chi connectivity index (χ1) is 8.09. The first kappa shape index (κ1) is 11.3. The normalized spacial score (nSPS) is 28.5. The molecule has 0 bridgehead atoms. The predicted molar refractivity (Wildman–Crippen MR) is 69.9 cm³/mol.